The van der Waals surface area contributed by atoms with Gasteiger partial charge >= 0.3 is 0 Å². The summed E-state index contributed by atoms with van der Waals surface area (Å²) in [4.78, 5) is 17.7. The van der Waals surface area contributed by atoms with Crippen LogP contribution in [0, 0.1) is 33.6 Å². The molecular weight excluding hydrogens is 442 g/mol. The number of hydrogen-bond acceptors (Lipinski definition) is 5. The summed E-state index contributed by atoms with van der Waals surface area (Å²) in [5.41, 5.74) is 4.52. The van der Waals surface area contributed by atoms with Gasteiger partial charge in [-0.2, -0.15) is 4.31 Å². The molecule has 1 amide bonds. The van der Waals surface area contributed by atoms with Crippen molar-refractivity contribution in [2.45, 2.75) is 52.0 Å². The van der Waals surface area contributed by atoms with Crippen LogP contribution in [-0.4, -0.2) is 36.7 Å². The van der Waals surface area contributed by atoms with Gasteiger partial charge in [-0.25, -0.2) is 13.4 Å². The number of nitrogens with zero attached hydrogens (tertiary/aromatic N) is 2. The first-order valence-corrected chi connectivity index (χ1v) is 13.1. The van der Waals surface area contributed by atoms with Crippen LogP contribution in [0.1, 0.15) is 40.1 Å². The fraction of sp³-hybridized carbons (Fsp3) is 0.417. The first-order valence-electron chi connectivity index (χ1n) is 10.9. The highest BCUT2D eigenvalue weighted by Crippen LogP contribution is 2.31. The Morgan fingerprint density at radius 3 is 2.34 bits per heavy atom. The molecule has 0 aliphatic carbocycles. The molecule has 0 bridgehead atoms. The molecule has 0 spiro atoms. The number of aryl methyl sites for hydroxylation is 2. The Bertz CT molecular complexity index is 1210. The molecular formula is C24H29N3O3S2. The monoisotopic (exact) mass is 471 g/mol. The zero-order chi connectivity index (χ0) is 23.0. The Balaban J connectivity index is 1.40. The third-order valence-corrected chi connectivity index (χ3v) is 9.68. The Hall–Kier alpha value is -2.29. The van der Waals surface area contributed by atoms with E-state index in [1.54, 1.807) is 15.6 Å². The minimum Gasteiger partial charge on any atom is -0.349 e. The van der Waals surface area contributed by atoms with E-state index in [1.807, 2.05) is 58.0 Å². The Labute approximate surface area is 193 Å². The number of piperidine rings is 1. The zero-order valence-corrected chi connectivity index (χ0v) is 20.6. The summed E-state index contributed by atoms with van der Waals surface area (Å²) in [7, 11) is -3.59. The molecule has 2 aromatic carbocycles. The lowest BCUT2D eigenvalue weighted by Crippen LogP contribution is -2.43. The largest absolute Gasteiger partial charge is 0.349 e. The van der Waals surface area contributed by atoms with Gasteiger partial charge in [-0.1, -0.05) is 18.2 Å². The first kappa shape index (κ1) is 22.9. The van der Waals surface area contributed by atoms with Crippen LogP contribution in [0.15, 0.2) is 35.2 Å². The molecule has 8 heteroatoms. The number of benzene rings is 2. The van der Waals surface area contributed by atoms with Crippen molar-refractivity contribution in [3.8, 4) is 0 Å². The second-order valence-corrected chi connectivity index (χ2v) is 11.6. The summed E-state index contributed by atoms with van der Waals surface area (Å²) in [6.07, 6.45) is 1.04. The van der Waals surface area contributed by atoms with Crippen LogP contribution in [0.5, 0.6) is 0 Å². The van der Waals surface area contributed by atoms with Crippen LogP contribution >= 0.6 is 11.3 Å². The van der Waals surface area contributed by atoms with Gasteiger partial charge in [-0.05, 0) is 74.9 Å². The fourth-order valence-electron chi connectivity index (χ4n) is 4.36. The summed E-state index contributed by atoms with van der Waals surface area (Å²) >= 11 is 1.58. The smallest absolute Gasteiger partial charge is 0.243 e. The lowest BCUT2D eigenvalue weighted by atomic mass is 9.97. The Morgan fingerprint density at radius 2 is 1.72 bits per heavy atom. The van der Waals surface area contributed by atoms with Crippen LogP contribution in [0.2, 0.25) is 0 Å². The summed E-state index contributed by atoms with van der Waals surface area (Å²) in [6, 6.07) is 9.95. The van der Waals surface area contributed by atoms with Crippen LogP contribution in [0.25, 0.3) is 10.2 Å². The predicted octanol–water partition coefficient (Wildman–Crippen LogP) is 4.25. The number of thiazole rings is 1. The van der Waals surface area contributed by atoms with Crippen LogP contribution in [0.3, 0.4) is 0 Å². The van der Waals surface area contributed by atoms with Crippen molar-refractivity contribution in [2.75, 3.05) is 13.1 Å². The van der Waals surface area contributed by atoms with Gasteiger partial charge in [-0.3, -0.25) is 4.79 Å². The summed E-state index contributed by atoms with van der Waals surface area (Å²) < 4.78 is 29.5. The average Bonchev–Trinajstić information content (AvgIpc) is 3.19. The Kier molecular flexibility index (Phi) is 6.38. The van der Waals surface area contributed by atoms with E-state index >= 15 is 0 Å². The van der Waals surface area contributed by atoms with E-state index in [0.29, 0.717) is 37.4 Å². The van der Waals surface area contributed by atoms with Crippen molar-refractivity contribution < 1.29 is 13.2 Å². The third kappa shape index (κ3) is 4.31. The topological polar surface area (TPSA) is 79.4 Å². The molecule has 3 aromatic rings. The quantitative estimate of drug-likeness (QED) is 0.603. The minimum absolute atomic E-state index is 0.0277. The van der Waals surface area contributed by atoms with Crippen LogP contribution in [0.4, 0.5) is 0 Å². The lowest BCUT2D eigenvalue weighted by molar-refractivity contribution is -0.126. The van der Waals surface area contributed by atoms with Gasteiger partial charge in [0.25, 0.3) is 0 Å². The number of para-hydroxylation sites is 1. The lowest BCUT2D eigenvalue weighted by Gasteiger charge is -2.31. The zero-order valence-electron chi connectivity index (χ0n) is 18.9. The van der Waals surface area contributed by atoms with Crippen molar-refractivity contribution in [3.63, 3.8) is 0 Å². The van der Waals surface area contributed by atoms with Crippen molar-refractivity contribution in [3.05, 3.63) is 57.6 Å². The van der Waals surface area contributed by atoms with Crippen LogP contribution < -0.4 is 5.32 Å². The fourth-order valence-corrected chi connectivity index (χ4v) is 7.31. The molecule has 1 N–H and O–H groups in total. The SMILES string of the molecule is Cc1cc(C)c(C)c(S(=O)(=O)N2CCC(C(=O)NCc3nc4ccccc4s3)CC2)c1C. The number of aromatic nitrogens is 1. The highest BCUT2D eigenvalue weighted by Gasteiger charge is 2.34. The maximum Gasteiger partial charge on any atom is 0.243 e. The Morgan fingerprint density at radius 1 is 1.09 bits per heavy atom. The number of sulfonamides is 1. The molecule has 0 radical (unpaired) electrons. The van der Waals surface area contributed by atoms with Crippen molar-refractivity contribution in [1.82, 2.24) is 14.6 Å². The molecule has 32 heavy (non-hydrogen) atoms. The molecule has 0 atom stereocenters. The number of amides is 1. The second-order valence-electron chi connectivity index (χ2n) is 8.56. The number of hydrogen-bond donors (Lipinski definition) is 1. The van der Waals surface area contributed by atoms with E-state index in [2.05, 4.69) is 10.3 Å². The minimum atomic E-state index is -3.59. The average molecular weight is 472 g/mol. The van der Waals surface area contributed by atoms with Gasteiger partial charge < -0.3 is 5.32 Å². The molecule has 1 fully saturated rings. The van der Waals surface area contributed by atoms with Gasteiger partial charge in [-0.15, -0.1) is 11.3 Å². The number of carbonyl (C=O) groups is 1. The van der Waals surface area contributed by atoms with Gasteiger partial charge in [0.2, 0.25) is 15.9 Å². The third-order valence-electron chi connectivity index (χ3n) is 6.47. The normalized spacial score (nSPS) is 15.9. The molecule has 0 unspecified atom stereocenters. The van der Waals surface area contributed by atoms with Gasteiger partial charge in [0.05, 0.1) is 21.7 Å². The molecule has 2 heterocycles. The molecule has 1 aliphatic heterocycles. The number of nitrogens with one attached hydrogen (secondary N) is 1. The van der Waals surface area contributed by atoms with E-state index < -0.39 is 10.0 Å². The molecule has 0 saturated carbocycles. The van der Waals surface area contributed by atoms with E-state index in [4.69, 9.17) is 0 Å². The summed E-state index contributed by atoms with van der Waals surface area (Å²) in [5, 5.41) is 3.86. The summed E-state index contributed by atoms with van der Waals surface area (Å²) in [6.45, 7) is 8.75. The maximum atomic E-state index is 13.4. The molecule has 170 valence electrons. The molecule has 4 rings (SSSR count). The molecule has 1 aliphatic rings. The molecule has 6 nitrogen and oxygen atoms in total. The van der Waals surface area contributed by atoms with Crippen molar-refractivity contribution in [2.24, 2.45) is 5.92 Å². The number of rotatable bonds is 5. The molecule has 1 saturated heterocycles. The predicted molar refractivity (Wildman–Crippen MR) is 128 cm³/mol. The van der Waals surface area contributed by atoms with Gasteiger partial charge in [0.15, 0.2) is 0 Å². The maximum absolute atomic E-state index is 13.4. The second kappa shape index (κ2) is 8.92. The van der Waals surface area contributed by atoms with Crippen molar-refractivity contribution in [1.29, 1.82) is 0 Å². The van der Waals surface area contributed by atoms with E-state index in [1.165, 1.54) is 0 Å². The standard InChI is InChI=1S/C24H29N3O3S2/c1-15-13-16(2)18(4)23(17(15)3)32(29,30)27-11-9-19(10-12-27)24(28)25-14-22-26-20-7-5-6-8-21(20)31-22/h5-8,13,19H,9-12,14H2,1-4H3,(H,25,28). The van der Waals surface area contributed by atoms with E-state index in [9.17, 15) is 13.2 Å². The van der Waals surface area contributed by atoms with E-state index in [0.717, 1.165) is 37.5 Å². The first-order chi connectivity index (χ1) is 15.2. The highest BCUT2D eigenvalue weighted by atomic mass is 32.2. The van der Waals surface area contributed by atoms with Crippen LogP contribution in [-0.2, 0) is 21.4 Å². The highest BCUT2D eigenvalue weighted by molar-refractivity contribution is 7.89. The summed E-state index contributed by atoms with van der Waals surface area (Å²) in [5.74, 6) is -0.211. The number of carbonyl (C=O) groups excluding carboxylic acids is 1. The number of fused-ring (bicyclic) bond motifs is 1. The van der Waals surface area contributed by atoms with Gasteiger partial charge in [0, 0.05) is 19.0 Å². The van der Waals surface area contributed by atoms with Crippen molar-refractivity contribution >= 4 is 37.5 Å². The molecule has 1 aromatic heterocycles. The van der Waals surface area contributed by atoms with E-state index in [-0.39, 0.29) is 11.8 Å². The van der Waals surface area contributed by atoms with Gasteiger partial charge in [0.1, 0.15) is 5.01 Å².